The number of para-hydroxylation sites is 1. The van der Waals surface area contributed by atoms with Crippen molar-refractivity contribution in [3.05, 3.63) is 29.8 Å². The van der Waals surface area contributed by atoms with Gasteiger partial charge >= 0.3 is 0 Å². The Morgan fingerprint density at radius 2 is 2.07 bits per heavy atom. The lowest BCUT2D eigenvalue weighted by atomic mass is 9.64. The average molecular weight is 191 g/mol. The third-order valence-corrected chi connectivity index (χ3v) is 3.26. The lowest BCUT2D eigenvalue weighted by Gasteiger charge is -2.42. The molecule has 2 nitrogen and oxygen atoms in total. The molecule has 0 atom stereocenters. The summed E-state index contributed by atoms with van der Waals surface area (Å²) in [6.07, 6.45) is 3.70. The molecule has 0 radical (unpaired) electrons. The largest absolute Gasteiger partial charge is 0.398 e. The number of nitrogens with two attached hydrogens (primary N) is 1. The van der Waals surface area contributed by atoms with Gasteiger partial charge in [0.1, 0.15) is 0 Å². The van der Waals surface area contributed by atoms with Gasteiger partial charge in [0.05, 0.1) is 6.61 Å². The van der Waals surface area contributed by atoms with Gasteiger partial charge in [-0.05, 0) is 24.5 Å². The smallest absolute Gasteiger partial charge is 0.0559 e. The van der Waals surface area contributed by atoms with Gasteiger partial charge in [-0.25, -0.2) is 0 Å². The summed E-state index contributed by atoms with van der Waals surface area (Å²) >= 11 is 0. The Bertz CT molecular complexity index is 318. The molecule has 1 saturated carbocycles. The lowest BCUT2D eigenvalue weighted by molar-refractivity contribution is 0.0797. The summed E-state index contributed by atoms with van der Waals surface area (Å²) in [6.45, 7) is 0.793. The summed E-state index contributed by atoms with van der Waals surface area (Å²) < 4.78 is 5.30. The van der Waals surface area contributed by atoms with Crippen molar-refractivity contribution in [1.29, 1.82) is 0 Å². The Morgan fingerprint density at radius 1 is 1.36 bits per heavy atom. The quantitative estimate of drug-likeness (QED) is 0.744. The van der Waals surface area contributed by atoms with E-state index in [1.54, 1.807) is 7.11 Å². The molecule has 1 aliphatic carbocycles. The van der Waals surface area contributed by atoms with Crippen molar-refractivity contribution in [2.45, 2.75) is 24.7 Å². The molecule has 1 aromatic carbocycles. The van der Waals surface area contributed by atoms with Crippen molar-refractivity contribution in [1.82, 2.24) is 0 Å². The molecular formula is C12H17NO. The van der Waals surface area contributed by atoms with E-state index in [9.17, 15) is 0 Å². The second kappa shape index (κ2) is 3.62. The standard InChI is InChI=1S/C12H17NO/c1-14-9-12(7-4-8-12)10-5-2-3-6-11(10)13/h2-3,5-6H,4,7-9,13H2,1H3. The van der Waals surface area contributed by atoms with Crippen LogP contribution in [0.2, 0.25) is 0 Å². The van der Waals surface area contributed by atoms with E-state index in [1.807, 2.05) is 12.1 Å². The van der Waals surface area contributed by atoms with Crippen molar-refractivity contribution in [3.8, 4) is 0 Å². The third kappa shape index (κ3) is 1.40. The Labute approximate surface area is 85.1 Å². The van der Waals surface area contributed by atoms with Gasteiger partial charge in [0.25, 0.3) is 0 Å². The van der Waals surface area contributed by atoms with E-state index in [0.717, 1.165) is 12.3 Å². The van der Waals surface area contributed by atoms with Crippen LogP contribution in [0.3, 0.4) is 0 Å². The Hall–Kier alpha value is -1.02. The first-order chi connectivity index (χ1) is 6.78. The number of benzene rings is 1. The van der Waals surface area contributed by atoms with Crippen LogP contribution >= 0.6 is 0 Å². The van der Waals surface area contributed by atoms with Crippen LogP contribution in [0, 0.1) is 0 Å². The highest BCUT2D eigenvalue weighted by Crippen LogP contribution is 2.45. The Kier molecular flexibility index (Phi) is 2.46. The molecule has 0 bridgehead atoms. The van der Waals surface area contributed by atoms with Crippen LogP contribution in [0.25, 0.3) is 0 Å². The topological polar surface area (TPSA) is 35.2 Å². The van der Waals surface area contributed by atoms with Gasteiger partial charge in [0.2, 0.25) is 0 Å². The molecule has 0 heterocycles. The minimum absolute atomic E-state index is 0.208. The number of nitrogen functional groups attached to an aromatic ring is 1. The fourth-order valence-corrected chi connectivity index (χ4v) is 2.35. The normalized spacial score (nSPS) is 18.9. The highest BCUT2D eigenvalue weighted by atomic mass is 16.5. The summed E-state index contributed by atoms with van der Waals surface area (Å²) in [5.41, 5.74) is 8.38. The molecule has 1 aromatic rings. The van der Waals surface area contributed by atoms with E-state index < -0.39 is 0 Å². The van der Waals surface area contributed by atoms with E-state index in [0.29, 0.717) is 0 Å². The molecule has 0 unspecified atom stereocenters. The van der Waals surface area contributed by atoms with Gasteiger partial charge < -0.3 is 10.5 Å². The van der Waals surface area contributed by atoms with Gasteiger partial charge in [-0.2, -0.15) is 0 Å². The van der Waals surface area contributed by atoms with Crippen molar-refractivity contribution >= 4 is 5.69 Å². The highest BCUT2D eigenvalue weighted by Gasteiger charge is 2.39. The number of anilines is 1. The first-order valence-corrected chi connectivity index (χ1v) is 5.12. The first-order valence-electron chi connectivity index (χ1n) is 5.12. The third-order valence-electron chi connectivity index (χ3n) is 3.26. The van der Waals surface area contributed by atoms with Crippen molar-refractivity contribution in [2.75, 3.05) is 19.5 Å². The maximum atomic E-state index is 5.99. The maximum Gasteiger partial charge on any atom is 0.0559 e. The van der Waals surface area contributed by atoms with Crippen LogP contribution in [0.1, 0.15) is 24.8 Å². The number of rotatable bonds is 3. The van der Waals surface area contributed by atoms with Crippen LogP contribution in [-0.2, 0) is 10.2 Å². The van der Waals surface area contributed by atoms with Crippen molar-refractivity contribution in [2.24, 2.45) is 0 Å². The minimum atomic E-state index is 0.208. The lowest BCUT2D eigenvalue weighted by Crippen LogP contribution is -2.39. The number of ether oxygens (including phenoxy) is 1. The molecule has 0 amide bonds. The van der Waals surface area contributed by atoms with Crippen LogP contribution < -0.4 is 5.73 Å². The van der Waals surface area contributed by atoms with E-state index in [4.69, 9.17) is 10.5 Å². The molecule has 1 fully saturated rings. The van der Waals surface area contributed by atoms with Gasteiger partial charge in [-0.3, -0.25) is 0 Å². The average Bonchev–Trinajstić information content (AvgIpc) is 2.13. The van der Waals surface area contributed by atoms with Crippen LogP contribution in [0.15, 0.2) is 24.3 Å². The molecule has 14 heavy (non-hydrogen) atoms. The molecule has 2 heteroatoms. The minimum Gasteiger partial charge on any atom is -0.398 e. The monoisotopic (exact) mass is 191 g/mol. The number of hydrogen-bond acceptors (Lipinski definition) is 2. The van der Waals surface area contributed by atoms with Crippen LogP contribution in [0.5, 0.6) is 0 Å². The fraction of sp³-hybridized carbons (Fsp3) is 0.500. The SMILES string of the molecule is COCC1(c2ccccc2N)CCC1. The summed E-state index contributed by atoms with van der Waals surface area (Å²) in [6, 6.07) is 8.15. The zero-order chi connectivity index (χ0) is 10.0. The first kappa shape index (κ1) is 9.53. The second-order valence-electron chi connectivity index (χ2n) is 4.15. The predicted octanol–water partition coefficient (Wildman–Crippen LogP) is 2.34. The summed E-state index contributed by atoms with van der Waals surface area (Å²) in [7, 11) is 1.76. The number of hydrogen-bond donors (Lipinski definition) is 1. The molecule has 2 rings (SSSR count). The van der Waals surface area contributed by atoms with Gasteiger partial charge in [-0.15, -0.1) is 0 Å². The zero-order valence-electron chi connectivity index (χ0n) is 8.62. The van der Waals surface area contributed by atoms with E-state index in [-0.39, 0.29) is 5.41 Å². The fourth-order valence-electron chi connectivity index (χ4n) is 2.35. The summed E-state index contributed by atoms with van der Waals surface area (Å²) in [5, 5.41) is 0. The van der Waals surface area contributed by atoms with Gasteiger partial charge in [-0.1, -0.05) is 24.6 Å². The molecule has 0 aromatic heterocycles. The molecule has 76 valence electrons. The predicted molar refractivity (Wildman–Crippen MR) is 58.3 cm³/mol. The number of methoxy groups -OCH3 is 1. The molecular weight excluding hydrogens is 174 g/mol. The van der Waals surface area contributed by atoms with Gasteiger partial charge in [0, 0.05) is 18.2 Å². The Balaban J connectivity index is 2.32. The van der Waals surface area contributed by atoms with Crippen LogP contribution in [-0.4, -0.2) is 13.7 Å². The maximum absolute atomic E-state index is 5.99. The molecule has 0 spiro atoms. The van der Waals surface area contributed by atoms with E-state index in [1.165, 1.54) is 24.8 Å². The van der Waals surface area contributed by atoms with E-state index in [2.05, 4.69) is 12.1 Å². The van der Waals surface area contributed by atoms with Gasteiger partial charge in [0.15, 0.2) is 0 Å². The van der Waals surface area contributed by atoms with Crippen LogP contribution in [0.4, 0.5) is 5.69 Å². The molecule has 0 saturated heterocycles. The zero-order valence-corrected chi connectivity index (χ0v) is 8.62. The second-order valence-corrected chi connectivity index (χ2v) is 4.15. The van der Waals surface area contributed by atoms with Crippen molar-refractivity contribution < 1.29 is 4.74 Å². The Morgan fingerprint density at radius 3 is 2.57 bits per heavy atom. The molecule has 1 aliphatic rings. The summed E-state index contributed by atoms with van der Waals surface area (Å²) in [4.78, 5) is 0. The molecule has 2 N–H and O–H groups in total. The molecule has 0 aliphatic heterocycles. The van der Waals surface area contributed by atoms with Crippen molar-refractivity contribution in [3.63, 3.8) is 0 Å². The summed E-state index contributed by atoms with van der Waals surface area (Å²) in [5.74, 6) is 0. The van der Waals surface area contributed by atoms with E-state index >= 15 is 0 Å². The highest BCUT2D eigenvalue weighted by molar-refractivity contribution is 5.51.